The molecule has 17 heavy (non-hydrogen) atoms. The minimum absolute atomic E-state index is 0.333. The van der Waals surface area contributed by atoms with E-state index in [2.05, 4.69) is 56.7 Å². The Labute approximate surface area is 114 Å². The van der Waals surface area contributed by atoms with Crippen LogP contribution in [0.4, 0.5) is 0 Å². The van der Waals surface area contributed by atoms with Gasteiger partial charge in [0.15, 0.2) is 0 Å². The fraction of sp³-hybridized carbons (Fsp3) is 0.308. The molecule has 0 saturated heterocycles. The molecule has 2 atom stereocenters. The summed E-state index contributed by atoms with van der Waals surface area (Å²) in [6.45, 7) is 2.24. The molecule has 0 aliphatic carbocycles. The second kappa shape index (κ2) is 5.76. The van der Waals surface area contributed by atoms with Gasteiger partial charge in [0.2, 0.25) is 0 Å². The molecule has 1 N–H and O–H groups in total. The van der Waals surface area contributed by atoms with Gasteiger partial charge in [-0.15, -0.1) is 11.3 Å². The van der Waals surface area contributed by atoms with Crippen LogP contribution in [0.2, 0.25) is 0 Å². The zero-order valence-corrected chi connectivity index (χ0v) is 12.3. The highest BCUT2D eigenvalue weighted by atomic mass is 79.9. The monoisotopic (exact) mass is 310 g/mol. The number of hydrogen-bond donors (Lipinski definition) is 1. The first-order chi connectivity index (χ1) is 8.22. The maximum Gasteiger partial charge on any atom is 0.0701 e. The van der Waals surface area contributed by atoms with Gasteiger partial charge in [-0.25, -0.2) is 0 Å². The number of rotatable bonds is 4. The molecule has 2 rings (SSSR count). The van der Waals surface area contributed by atoms with Crippen molar-refractivity contribution in [3.05, 3.63) is 50.9 Å². The molecule has 0 aliphatic heterocycles. The van der Waals surface area contributed by atoms with Gasteiger partial charge >= 0.3 is 0 Å². The topological polar surface area (TPSA) is 24.9 Å². The highest BCUT2D eigenvalue weighted by Gasteiger charge is 2.20. The van der Waals surface area contributed by atoms with Crippen LogP contribution in [0.1, 0.15) is 30.0 Å². The van der Waals surface area contributed by atoms with E-state index >= 15 is 0 Å². The Hall–Kier alpha value is -0.710. The van der Waals surface area contributed by atoms with Gasteiger partial charge in [0, 0.05) is 24.4 Å². The van der Waals surface area contributed by atoms with Gasteiger partial charge in [-0.2, -0.15) is 0 Å². The molecule has 2 nitrogen and oxygen atoms in total. The minimum atomic E-state index is 0.333. The number of pyridine rings is 1. The van der Waals surface area contributed by atoms with Crippen LogP contribution in [0.3, 0.4) is 0 Å². The number of likely N-dealkylation sites (N-methyl/N-ethyl adjacent to an activating group) is 1. The van der Waals surface area contributed by atoms with Crippen LogP contribution in [0.5, 0.6) is 0 Å². The Morgan fingerprint density at radius 3 is 2.53 bits per heavy atom. The molecule has 4 heteroatoms. The van der Waals surface area contributed by atoms with Crippen molar-refractivity contribution in [2.75, 3.05) is 7.05 Å². The summed E-state index contributed by atoms with van der Waals surface area (Å²) in [6, 6.07) is 6.68. The number of nitrogens with zero attached hydrogens (tertiary/aromatic N) is 1. The van der Waals surface area contributed by atoms with Crippen molar-refractivity contribution in [3.8, 4) is 0 Å². The number of hydrogen-bond acceptors (Lipinski definition) is 3. The molecule has 0 saturated carbocycles. The zero-order chi connectivity index (χ0) is 12.3. The van der Waals surface area contributed by atoms with E-state index in [1.54, 1.807) is 11.3 Å². The maximum absolute atomic E-state index is 4.06. The largest absolute Gasteiger partial charge is 0.312 e. The summed E-state index contributed by atoms with van der Waals surface area (Å²) in [6.07, 6.45) is 3.70. The summed E-state index contributed by atoms with van der Waals surface area (Å²) in [7, 11) is 2.01. The smallest absolute Gasteiger partial charge is 0.0701 e. The number of halogens is 1. The summed E-state index contributed by atoms with van der Waals surface area (Å²) in [5.41, 5.74) is 2.63. The normalized spacial score (nSPS) is 14.5. The maximum atomic E-state index is 4.06. The quantitative estimate of drug-likeness (QED) is 0.924. The van der Waals surface area contributed by atoms with Crippen LogP contribution in [0, 0.1) is 0 Å². The Morgan fingerprint density at radius 1 is 1.29 bits per heavy atom. The van der Waals surface area contributed by atoms with Gasteiger partial charge in [0.25, 0.3) is 0 Å². The number of aromatic nitrogens is 1. The first kappa shape index (κ1) is 12.7. The van der Waals surface area contributed by atoms with E-state index in [4.69, 9.17) is 0 Å². The number of nitrogens with one attached hydrogen (secondary N) is 1. The van der Waals surface area contributed by atoms with Crippen molar-refractivity contribution in [1.82, 2.24) is 10.3 Å². The lowest BCUT2D eigenvalue weighted by Crippen LogP contribution is -2.21. The second-order valence-electron chi connectivity index (χ2n) is 4.02. The van der Waals surface area contributed by atoms with Crippen LogP contribution < -0.4 is 5.32 Å². The van der Waals surface area contributed by atoms with Gasteiger partial charge in [0.1, 0.15) is 0 Å². The van der Waals surface area contributed by atoms with Crippen molar-refractivity contribution in [2.24, 2.45) is 0 Å². The van der Waals surface area contributed by atoms with Gasteiger partial charge in [-0.3, -0.25) is 4.98 Å². The molecule has 0 aliphatic rings. The SMILES string of the molecule is CNC(c1csc(Br)c1)C(C)c1ccncc1. The zero-order valence-electron chi connectivity index (χ0n) is 9.85. The predicted molar refractivity (Wildman–Crippen MR) is 76.5 cm³/mol. The lowest BCUT2D eigenvalue weighted by Gasteiger charge is -2.23. The summed E-state index contributed by atoms with van der Waals surface area (Å²) in [5, 5.41) is 5.59. The lowest BCUT2D eigenvalue weighted by molar-refractivity contribution is 0.509. The van der Waals surface area contributed by atoms with E-state index in [1.807, 2.05) is 19.4 Å². The molecule has 2 heterocycles. The molecular formula is C13H15BrN2S. The molecule has 0 fully saturated rings. The van der Waals surface area contributed by atoms with Gasteiger partial charge in [-0.1, -0.05) is 6.92 Å². The van der Waals surface area contributed by atoms with Crippen LogP contribution in [0.15, 0.2) is 39.8 Å². The lowest BCUT2D eigenvalue weighted by atomic mass is 9.90. The highest BCUT2D eigenvalue weighted by Crippen LogP contribution is 2.33. The third kappa shape index (κ3) is 2.94. The summed E-state index contributed by atoms with van der Waals surface area (Å²) in [5.74, 6) is 0.421. The van der Waals surface area contributed by atoms with Crippen molar-refractivity contribution in [3.63, 3.8) is 0 Å². The van der Waals surface area contributed by atoms with Crippen molar-refractivity contribution < 1.29 is 0 Å². The highest BCUT2D eigenvalue weighted by molar-refractivity contribution is 9.11. The van der Waals surface area contributed by atoms with E-state index in [0.29, 0.717) is 12.0 Å². The first-order valence-electron chi connectivity index (χ1n) is 5.53. The van der Waals surface area contributed by atoms with Crippen molar-refractivity contribution in [2.45, 2.75) is 18.9 Å². The van der Waals surface area contributed by atoms with E-state index in [-0.39, 0.29) is 0 Å². The van der Waals surface area contributed by atoms with E-state index in [1.165, 1.54) is 14.9 Å². The van der Waals surface area contributed by atoms with E-state index in [9.17, 15) is 0 Å². The summed E-state index contributed by atoms with van der Waals surface area (Å²) in [4.78, 5) is 4.06. The van der Waals surface area contributed by atoms with Gasteiger partial charge in [0.05, 0.1) is 3.79 Å². The predicted octanol–water partition coefficient (Wildman–Crippen LogP) is 3.97. The third-order valence-electron chi connectivity index (χ3n) is 2.99. The minimum Gasteiger partial charge on any atom is -0.312 e. The molecular weight excluding hydrogens is 296 g/mol. The first-order valence-corrected chi connectivity index (χ1v) is 7.20. The molecule has 0 aromatic carbocycles. The molecule has 0 bridgehead atoms. The molecule has 0 spiro atoms. The Morgan fingerprint density at radius 2 is 2.00 bits per heavy atom. The molecule has 2 aromatic rings. The van der Waals surface area contributed by atoms with Crippen LogP contribution in [-0.2, 0) is 0 Å². The van der Waals surface area contributed by atoms with Crippen molar-refractivity contribution >= 4 is 27.3 Å². The fourth-order valence-electron chi connectivity index (χ4n) is 2.05. The van der Waals surface area contributed by atoms with E-state index < -0.39 is 0 Å². The third-order valence-corrected chi connectivity index (χ3v) is 4.51. The number of thiophene rings is 1. The standard InChI is InChI=1S/C13H15BrN2S/c1-9(10-3-5-16-6-4-10)13(15-2)11-7-12(14)17-8-11/h3-9,13,15H,1-2H3. The summed E-state index contributed by atoms with van der Waals surface area (Å²) >= 11 is 5.24. The Kier molecular flexibility index (Phi) is 4.31. The Balaban J connectivity index is 2.25. The molecule has 90 valence electrons. The second-order valence-corrected chi connectivity index (χ2v) is 6.31. The van der Waals surface area contributed by atoms with E-state index in [0.717, 1.165) is 0 Å². The Bertz CT molecular complexity index is 469. The molecule has 0 amide bonds. The average molecular weight is 311 g/mol. The molecule has 2 unspecified atom stereocenters. The molecule has 0 radical (unpaired) electrons. The molecule has 2 aromatic heterocycles. The van der Waals surface area contributed by atoms with Crippen LogP contribution in [0.25, 0.3) is 0 Å². The average Bonchev–Trinajstić information content (AvgIpc) is 2.78. The fourth-order valence-corrected chi connectivity index (χ4v) is 3.26. The van der Waals surface area contributed by atoms with Gasteiger partial charge in [-0.05, 0) is 57.7 Å². The van der Waals surface area contributed by atoms with Crippen molar-refractivity contribution in [1.29, 1.82) is 0 Å². The summed E-state index contributed by atoms with van der Waals surface area (Å²) < 4.78 is 1.18. The van der Waals surface area contributed by atoms with Crippen LogP contribution >= 0.6 is 27.3 Å². The van der Waals surface area contributed by atoms with Gasteiger partial charge < -0.3 is 5.32 Å². The van der Waals surface area contributed by atoms with Crippen LogP contribution in [-0.4, -0.2) is 12.0 Å².